The minimum atomic E-state index is -1.15. The summed E-state index contributed by atoms with van der Waals surface area (Å²) in [5, 5.41) is 27.4. The summed E-state index contributed by atoms with van der Waals surface area (Å²) in [6.45, 7) is 4.36. The Kier molecular flexibility index (Phi) is 3.48. The highest BCUT2D eigenvalue weighted by molar-refractivity contribution is 6.68. The van der Waals surface area contributed by atoms with Crippen molar-refractivity contribution in [1.82, 2.24) is 14.9 Å². The van der Waals surface area contributed by atoms with E-state index in [1.807, 2.05) is 12.3 Å². The van der Waals surface area contributed by atoms with Crippen molar-refractivity contribution in [3.63, 3.8) is 0 Å². The maximum absolute atomic E-state index is 11.7. The molecule has 0 saturated heterocycles. The van der Waals surface area contributed by atoms with Crippen LogP contribution >= 0.6 is 0 Å². The number of rotatable bonds is 2. The van der Waals surface area contributed by atoms with Gasteiger partial charge in [0.1, 0.15) is 5.65 Å². The van der Waals surface area contributed by atoms with E-state index in [9.17, 15) is 14.9 Å². The lowest BCUT2D eigenvalue weighted by atomic mass is 9.55. The number of nitrogens with one attached hydrogen (secondary N) is 1. The van der Waals surface area contributed by atoms with Crippen molar-refractivity contribution in [3.05, 3.63) is 36.2 Å². The Morgan fingerprint density at radius 1 is 1.41 bits per heavy atom. The van der Waals surface area contributed by atoms with E-state index in [4.69, 9.17) is 0 Å². The minimum Gasteiger partial charge on any atom is -0.427 e. The summed E-state index contributed by atoms with van der Waals surface area (Å²) < 4.78 is 0. The van der Waals surface area contributed by atoms with E-state index in [1.54, 1.807) is 6.20 Å². The fourth-order valence-corrected chi connectivity index (χ4v) is 6.37. The second-order valence-electron chi connectivity index (χ2n) is 9.24. The molecular formula is C21H23BN4O3. The molecule has 4 aliphatic carbocycles. The van der Waals surface area contributed by atoms with E-state index >= 15 is 0 Å². The number of pyridine rings is 1. The summed E-state index contributed by atoms with van der Waals surface area (Å²) in [5.41, 5.74) is 3.62. The van der Waals surface area contributed by atoms with Crippen LogP contribution in [0.15, 0.2) is 35.7 Å². The summed E-state index contributed by atoms with van der Waals surface area (Å²) >= 11 is 0. The van der Waals surface area contributed by atoms with E-state index in [2.05, 4.69) is 21.6 Å². The van der Waals surface area contributed by atoms with Crippen LogP contribution in [-0.4, -0.2) is 49.8 Å². The van der Waals surface area contributed by atoms with Crippen LogP contribution in [0.2, 0.25) is 0 Å². The van der Waals surface area contributed by atoms with Crippen LogP contribution in [0.5, 0.6) is 0 Å². The second-order valence-corrected chi connectivity index (χ2v) is 9.24. The van der Waals surface area contributed by atoms with E-state index < -0.39 is 12.7 Å². The smallest absolute Gasteiger partial charge is 0.427 e. The van der Waals surface area contributed by atoms with E-state index in [0.29, 0.717) is 23.7 Å². The molecular weight excluding hydrogens is 367 g/mol. The first kappa shape index (κ1) is 17.4. The number of hydrogen-bond donors (Lipinski definition) is 3. The van der Waals surface area contributed by atoms with Gasteiger partial charge in [0.15, 0.2) is 0 Å². The van der Waals surface area contributed by atoms with Crippen molar-refractivity contribution < 1.29 is 14.9 Å². The van der Waals surface area contributed by atoms with Gasteiger partial charge in [-0.15, -0.1) is 0 Å². The first-order valence-corrected chi connectivity index (χ1v) is 10.4. The number of aromatic nitrogens is 2. The number of amides is 1. The maximum Gasteiger partial charge on any atom is 0.475 e. The topological polar surface area (TPSA) is 102 Å². The van der Waals surface area contributed by atoms with Crippen molar-refractivity contribution in [2.75, 3.05) is 0 Å². The quantitative estimate of drug-likeness (QED) is 0.407. The Hall–Kier alpha value is -2.45. The van der Waals surface area contributed by atoms with Gasteiger partial charge in [-0.1, -0.05) is 12.2 Å². The van der Waals surface area contributed by atoms with Crippen LogP contribution in [0.1, 0.15) is 37.7 Å². The van der Waals surface area contributed by atoms with E-state index in [1.165, 1.54) is 5.57 Å². The lowest BCUT2D eigenvalue weighted by Gasteiger charge is -2.50. The number of aromatic amines is 1. The molecule has 0 spiro atoms. The molecule has 7 rings (SSSR count). The van der Waals surface area contributed by atoms with Gasteiger partial charge in [0.2, 0.25) is 6.41 Å². The Morgan fingerprint density at radius 2 is 2.28 bits per heavy atom. The molecule has 1 unspecified atom stereocenters. The van der Waals surface area contributed by atoms with Gasteiger partial charge in [0.05, 0.1) is 11.3 Å². The molecule has 2 aromatic rings. The molecule has 0 radical (unpaired) electrons. The van der Waals surface area contributed by atoms with Crippen LogP contribution in [0.3, 0.4) is 0 Å². The molecule has 3 heterocycles. The SMILES string of the molecule is C=C1C2C[C@@H]1[C@H](C1=NN(C=O)B(O)c3cnc4[nH]ccc4c31)[C@H]1CC[C@@](O)(C2)C1. The van der Waals surface area contributed by atoms with Crippen LogP contribution in [0, 0.1) is 23.7 Å². The molecule has 5 atom stereocenters. The lowest BCUT2D eigenvalue weighted by molar-refractivity contribution is -0.114. The predicted molar refractivity (Wildman–Crippen MR) is 109 cm³/mol. The Morgan fingerprint density at radius 3 is 3.07 bits per heavy atom. The fourth-order valence-electron chi connectivity index (χ4n) is 6.37. The summed E-state index contributed by atoms with van der Waals surface area (Å²) in [5.74, 6) is 1.01. The van der Waals surface area contributed by atoms with Crippen molar-refractivity contribution >= 4 is 35.7 Å². The number of aliphatic hydroxyl groups is 1. The molecule has 8 heteroatoms. The molecule has 5 aliphatic rings. The maximum atomic E-state index is 11.7. The van der Waals surface area contributed by atoms with Crippen molar-refractivity contribution in [2.24, 2.45) is 28.8 Å². The standard InChI is InChI=1S/C21H23BN4O3/c1-11-13-6-15(11)17(12-2-4-21(28,7-12)8-13)19-18-14-3-5-23-20(14)24-9-16(18)22(29)26(10-27)25-19/h3,5,9-10,12-13,15,17,28-29H,1-2,4,6-8H2,(H,23,24)/t12-,13?,15-,17+,21-/m0/s1. The molecule has 7 nitrogen and oxygen atoms in total. The zero-order chi connectivity index (χ0) is 19.9. The van der Waals surface area contributed by atoms with E-state index in [0.717, 1.165) is 59.3 Å². The highest BCUT2D eigenvalue weighted by atomic mass is 16.3. The lowest BCUT2D eigenvalue weighted by Crippen LogP contribution is -2.54. The van der Waals surface area contributed by atoms with Crippen LogP contribution < -0.4 is 5.46 Å². The third kappa shape index (κ3) is 2.30. The highest BCUT2D eigenvalue weighted by Crippen LogP contribution is 2.58. The van der Waals surface area contributed by atoms with Crippen LogP contribution in [-0.2, 0) is 4.79 Å². The minimum absolute atomic E-state index is 0.0716. The average molecular weight is 390 g/mol. The number of carbonyl (C=O) groups is 1. The van der Waals surface area contributed by atoms with Gasteiger partial charge in [0, 0.05) is 34.7 Å². The van der Waals surface area contributed by atoms with Gasteiger partial charge < -0.3 is 15.1 Å². The number of H-pyrrole nitrogens is 1. The Labute approximate surface area is 168 Å². The predicted octanol–water partition coefficient (Wildman–Crippen LogP) is 1.17. The van der Waals surface area contributed by atoms with Gasteiger partial charge in [-0.05, 0) is 55.9 Å². The molecule has 3 N–H and O–H groups in total. The molecule has 1 amide bonds. The molecule has 29 heavy (non-hydrogen) atoms. The Balaban J connectivity index is 1.56. The number of hydrazone groups is 1. The average Bonchev–Trinajstić information content (AvgIpc) is 3.35. The summed E-state index contributed by atoms with van der Waals surface area (Å²) in [6, 6.07) is 1.95. The van der Waals surface area contributed by atoms with Gasteiger partial charge in [-0.2, -0.15) is 5.10 Å². The zero-order valence-corrected chi connectivity index (χ0v) is 16.1. The highest BCUT2D eigenvalue weighted by Gasteiger charge is 2.55. The number of fused-ring (bicyclic) bond motifs is 3. The number of nitrogens with zero attached hydrogens (tertiary/aromatic N) is 3. The molecule has 2 aromatic heterocycles. The van der Waals surface area contributed by atoms with Crippen LogP contribution in [0.4, 0.5) is 0 Å². The third-order valence-electron chi connectivity index (χ3n) is 7.78. The number of hydrogen-bond acceptors (Lipinski definition) is 5. The summed E-state index contributed by atoms with van der Waals surface area (Å²) in [4.78, 5) is 20.3. The first-order chi connectivity index (χ1) is 14.0. The van der Waals surface area contributed by atoms with Gasteiger partial charge >= 0.3 is 7.05 Å². The van der Waals surface area contributed by atoms with Crippen molar-refractivity contribution in [1.29, 1.82) is 0 Å². The molecule has 148 valence electrons. The molecule has 4 fully saturated rings. The van der Waals surface area contributed by atoms with Crippen molar-refractivity contribution in [3.8, 4) is 0 Å². The van der Waals surface area contributed by atoms with Gasteiger partial charge in [-0.25, -0.2) is 9.90 Å². The largest absolute Gasteiger partial charge is 0.475 e. The van der Waals surface area contributed by atoms with Crippen molar-refractivity contribution in [2.45, 2.75) is 37.7 Å². The van der Waals surface area contributed by atoms with Crippen LogP contribution in [0.25, 0.3) is 11.0 Å². The van der Waals surface area contributed by atoms with Gasteiger partial charge in [0.25, 0.3) is 0 Å². The third-order valence-corrected chi connectivity index (χ3v) is 7.78. The molecule has 1 aliphatic heterocycles. The molecule has 0 aromatic carbocycles. The zero-order valence-electron chi connectivity index (χ0n) is 16.1. The summed E-state index contributed by atoms with van der Waals surface area (Å²) in [6.07, 6.45) is 8.37. The van der Waals surface area contributed by atoms with Gasteiger partial charge in [-0.3, -0.25) is 4.79 Å². The second kappa shape index (κ2) is 5.80. The van der Waals surface area contributed by atoms with E-state index in [-0.39, 0.29) is 11.8 Å². The number of carbonyl (C=O) groups excluding carboxylic acids is 1. The Bertz CT molecular complexity index is 1080. The molecule has 4 saturated carbocycles. The normalized spacial score (nSPS) is 35.7. The fraction of sp³-hybridized carbons (Fsp3) is 0.476. The first-order valence-electron chi connectivity index (χ1n) is 10.4. The molecule has 4 bridgehead atoms. The summed E-state index contributed by atoms with van der Waals surface area (Å²) in [7, 11) is -1.15. The monoisotopic (exact) mass is 390 g/mol. The number of allylic oxidation sites excluding steroid dienone is 1.